The van der Waals surface area contributed by atoms with Crippen LogP contribution < -0.4 is 14.8 Å². The van der Waals surface area contributed by atoms with Crippen molar-refractivity contribution in [3.05, 3.63) is 57.6 Å². The molecule has 1 N–H and O–H groups in total. The van der Waals surface area contributed by atoms with Gasteiger partial charge in [-0.15, -0.1) is 0 Å². The topological polar surface area (TPSA) is 67.9 Å². The second-order valence-corrected chi connectivity index (χ2v) is 7.03. The standard InChI is InChI=1S/C18H14Cl2N2O4/c1-18(10-5-6-14-15(7-10)26-9-25-14)16(23)22(17(24)21-18)8-11-12(19)3-2-4-13(11)20/h2-7H,8-9H2,1H3,(H,21,24)/t18-/m1/s1. The van der Waals surface area contributed by atoms with E-state index in [2.05, 4.69) is 5.32 Å². The predicted octanol–water partition coefficient (Wildman–Crippen LogP) is 3.69. The van der Waals surface area contributed by atoms with E-state index in [0.717, 1.165) is 4.90 Å². The van der Waals surface area contributed by atoms with Crippen LogP contribution in [0, 0.1) is 0 Å². The zero-order chi connectivity index (χ0) is 18.5. The molecule has 0 aliphatic carbocycles. The fraction of sp³-hybridized carbons (Fsp3) is 0.222. The summed E-state index contributed by atoms with van der Waals surface area (Å²) in [5.41, 5.74) is -0.0895. The van der Waals surface area contributed by atoms with Gasteiger partial charge in [-0.25, -0.2) is 4.79 Å². The third-order valence-electron chi connectivity index (χ3n) is 4.60. The Morgan fingerprint density at radius 3 is 2.54 bits per heavy atom. The number of imide groups is 1. The third-order valence-corrected chi connectivity index (χ3v) is 5.31. The number of halogens is 2. The summed E-state index contributed by atoms with van der Waals surface area (Å²) in [6.07, 6.45) is 0. The molecule has 4 rings (SSSR count). The SMILES string of the molecule is C[C@]1(c2ccc3c(c2)OCO3)NC(=O)N(Cc2c(Cl)cccc2Cl)C1=O. The summed E-state index contributed by atoms with van der Waals surface area (Å²) in [7, 11) is 0. The van der Waals surface area contributed by atoms with Gasteiger partial charge in [-0.1, -0.05) is 35.3 Å². The van der Waals surface area contributed by atoms with Gasteiger partial charge in [-0.2, -0.15) is 0 Å². The Balaban J connectivity index is 1.66. The molecule has 0 radical (unpaired) electrons. The summed E-state index contributed by atoms with van der Waals surface area (Å²) in [5, 5.41) is 3.55. The summed E-state index contributed by atoms with van der Waals surface area (Å²) < 4.78 is 10.7. The van der Waals surface area contributed by atoms with Crippen molar-refractivity contribution in [3.8, 4) is 11.5 Å². The van der Waals surface area contributed by atoms with Crippen molar-refractivity contribution in [1.82, 2.24) is 10.2 Å². The Morgan fingerprint density at radius 2 is 1.81 bits per heavy atom. The predicted molar refractivity (Wildman–Crippen MR) is 95.5 cm³/mol. The van der Waals surface area contributed by atoms with Crippen LogP contribution in [0.15, 0.2) is 36.4 Å². The summed E-state index contributed by atoms with van der Waals surface area (Å²) in [5.74, 6) is 0.754. The fourth-order valence-electron chi connectivity index (χ4n) is 3.09. The van der Waals surface area contributed by atoms with E-state index < -0.39 is 17.5 Å². The molecule has 2 aromatic carbocycles. The van der Waals surface area contributed by atoms with Crippen LogP contribution in [-0.2, 0) is 16.9 Å². The molecule has 2 aromatic rings. The first kappa shape index (κ1) is 17.0. The second kappa shape index (κ2) is 6.07. The summed E-state index contributed by atoms with van der Waals surface area (Å²) in [6, 6.07) is 9.68. The van der Waals surface area contributed by atoms with E-state index in [1.165, 1.54) is 0 Å². The molecule has 6 nitrogen and oxygen atoms in total. The van der Waals surface area contributed by atoms with Crippen LogP contribution in [0.5, 0.6) is 11.5 Å². The van der Waals surface area contributed by atoms with Crippen molar-refractivity contribution in [1.29, 1.82) is 0 Å². The number of fused-ring (bicyclic) bond motifs is 1. The van der Waals surface area contributed by atoms with Gasteiger partial charge in [0.2, 0.25) is 6.79 Å². The molecular formula is C18H14Cl2N2O4. The van der Waals surface area contributed by atoms with Crippen molar-refractivity contribution in [2.24, 2.45) is 0 Å². The zero-order valence-electron chi connectivity index (χ0n) is 13.7. The van der Waals surface area contributed by atoms with Crippen LogP contribution >= 0.6 is 23.2 Å². The van der Waals surface area contributed by atoms with Crippen molar-refractivity contribution < 1.29 is 19.1 Å². The smallest absolute Gasteiger partial charge is 0.325 e. The summed E-state index contributed by atoms with van der Waals surface area (Å²) in [6.45, 7) is 1.77. The number of amides is 3. The van der Waals surface area contributed by atoms with E-state index in [4.69, 9.17) is 32.7 Å². The van der Waals surface area contributed by atoms with Gasteiger partial charge in [0.25, 0.3) is 5.91 Å². The molecule has 0 bridgehead atoms. The maximum absolute atomic E-state index is 13.0. The van der Waals surface area contributed by atoms with Crippen LogP contribution in [-0.4, -0.2) is 23.6 Å². The van der Waals surface area contributed by atoms with Crippen molar-refractivity contribution in [2.45, 2.75) is 19.0 Å². The number of ether oxygens (including phenoxy) is 2. The molecule has 3 amide bonds. The maximum atomic E-state index is 13.0. The number of rotatable bonds is 3. The first-order chi connectivity index (χ1) is 12.4. The number of carbonyl (C=O) groups is 2. The largest absolute Gasteiger partial charge is 0.454 e. The van der Waals surface area contributed by atoms with E-state index in [1.54, 1.807) is 43.3 Å². The molecule has 8 heteroatoms. The quantitative estimate of drug-likeness (QED) is 0.808. The number of hydrogen-bond acceptors (Lipinski definition) is 4. The number of urea groups is 1. The number of carbonyl (C=O) groups excluding carboxylic acids is 2. The average Bonchev–Trinajstić information content (AvgIpc) is 3.15. The number of hydrogen-bond donors (Lipinski definition) is 1. The molecule has 0 saturated carbocycles. The molecule has 1 saturated heterocycles. The molecule has 2 aliphatic rings. The maximum Gasteiger partial charge on any atom is 0.325 e. The van der Waals surface area contributed by atoms with Gasteiger partial charge in [0, 0.05) is 15.6 Å². The Labute approximate surface area is 159 Å². The third kappa shape index (κ3) is 2.57. The molecule has 0 aromatic heterocycles. The molecule has 2 heterocycles. The van der Waals surface area contributed by atoms with Gasteiger partial charge in [0.15, 0.2) is 11.5 Å². The lowest BCUT2D eigenvalue weighted by atomic mass is 9.91. The number of benzene rings is 2. The highest BCUT2D eigenvalue weighted by molar-refractivity contribution is 6.36. The van der Waals surface area contributed by atoms with Crippen molar-refractivity contribution in [3.63, 3.8) is 0 Å². The zero-order valence-corrected chi connectivity index (χ0v) is 15.2. The van der Waals surface area contributed by atoms with Gasteiger partial charge in [-0.05, 0) is 36.8 Å². The Bertz CT molecular complexity index is 913. The van der Waals surface area contributed by atoms with Crippen LogP contribution in [0.1, 0.15) is 18.1 Å². The first-order valence-corrected chi connectivity index (χ1v) is 8.63. The second-order valence-electron chi connectivity index (χ2n) is 6.21. The average molecular weight is 393 g/mol. The van der Waals surface area contributed by atoms with E-state index in [0.29, 0.717) is 32.7 Å². The van der Waals surface area contributed by atoms with E-state index in [9.17, 15) is 9.59 Å². The highest BCUT2D eigenvalue weighted by atomic mass is 35.5. The highest BCUT2D eigenvalue weighted by Gasteiger charge is 2.49. The highest BCUT2D eigenvalue weighted by Crippen LogP contribution is 2.38. The Kier molecular flexibility index (Phi) is 3.97. The lowest BCUT2D eigenvalue weighted by molar-refractivity contribution is -0.131. The molecule has 1 atom stereocenters. The molecular weight excluding hydrogens is 379 g/mol. The lowest BCUT2D eigenvalue weighted by Crippen LogP contribution is -2.40. The monoisotopic (exact) mass is 392 g/mol. The Hall–Kier alpha value is -2.44. The van der Waals surface area contributed by atoms with Gasteiger partial charge in [0.05, 0.1) is 6.54 Å². The van der Waals surface area contributed by atoms with E-state index in [-0.39, 0.29) is 13.3 Å². The van der Waals surface area contributed by atoms with Crippen molar-refractivity contribution >= 4 is 35.1 Å². The van der Waals surface area contributed by atoms with Crippen LogP contribution in [0.4, 0.5) is 4.79 Å². The molecule has 0 spiro atoms. The number of nitrogens with zero attached hydrogens (tertiary/aromatic N) is 1. The van der Waals surface area contributed by atoms with Gasteiger partial charge in [0.1, 0.15) is 5.54 Å². The van der Waals surface area contributed by atoms with Gasteiger partial charge < -0.3 is 14.8 Å². The molecule has 1 fully saturated rings. The molecule has 0 unspecified atom stereocenters. The summed E-state index contributed by atoms with van der Waals surface area (Å²) in [4.78, 5) is 26.6. The molecule has 2 aliphatic heterocycles. The minimum Gasteiger partial charge on any atom is -0.454 e. The van der Waals surface area contributed by atoms with Gasteiger partial charge >= 0.3 is 6.03 Å². The van der Waals surface area contributed by atoms with Crippen LogP contribution in [0.3, 0.4) is 0 Å². The lowest BCUT2D eigenvalue weighted by Gasteiger charge is -2.22. The first-order valence-electron chi connectivity index (χ1n) is 7.87. The Morgan fingerprint density at radius 1 is 1.12 bits per heavy atom. The molecule has 134 valence electrons. The minimum atomic E-state index is -1.22. The minimum absolute atomic E-state index is 0.0106. The van der Waals surface area contributed by atoms with Crippen molar-refractivity contribution in [2.75, 3.05) is 6.79 Å². The summed E-state index contributed by atoms with van der Waals surface area (Å²) >= 11 is 12.3. The van der Waals surface area contributed by atoms with Crippen LogP contribution in [0.25, 0.3) is 0 Å². The number of nitrogens with one attached hydrogen (secondary N) is 1. The normalized spacial score (nSPS) is 21.3. The van der Waals surface area contributed by atoms with Crippen LogP contribution in [0.2, 0.25) is 10.0 Å². The van der Waals surface area contributed by atoms with E-state index in [1.807, 2.05) is 0 Å². The molecule has 26 heavy (non-hydrogen) atoms. The van der Waals surface area contributed by atoms with Gasteiger partial charge in [-0.3, -0.25) is 9.69 Å². The fourth-order valence-corrected chi connectivity index (χ4v) is 3.60. The van der Waals surface area contributed by atoms with E-state index >= 15 is 0 Å².